The van der Waals surface area contributed by atoms with Crippen LogP contribution >= 0.6 is 0 Å². The van der Waals surface area contributed by atoms with E-state index in [-0.39, 0.29) is 6.54 Å². The third kappa shape index (κ3) is 2.41. The van der Waals surface area contributed by atoms with Gasteiger partial charge in [-0.1, -0.05) is 13.8 Å². The maximum Gasteiger partial charge on any atom is 0.331 e. The minimum Gasteiger partial charge on any atom is -0.277 e. The molecule has 1 N–H and O–H groups in total. The topological polar surface area (TPSA) is 79.4 Å². The number of nitrogens with one attached hydrogen (secondary N) is 1. The van der Waals surface area contributed by atoms with Crippen molar-refractivity contribution in [1.82, 2.24) is 15.2 Å². The number of aromatic nitrogens is 1. The average molecular weight is 289 g/mol. The predicted octanol–water partition coefficient (Wildman–Crippen LogP) is 1.77. The first-order chi connectivity index (χ1) is 9.96. The molecule has 0 aromatic carbocycles. The maximum atomic E-state index is 12.7. The van der Waals surface area contributed by atoms with Gasteiger partial charge in [-0.2, -0.15) is 0 Å². The fraction of sp³-hybridized carbons (Fsp3) is 0.467. The fourth-order valence-corrected chi connectivity index (χ4v) is 2.60. The van der Waals surface area contributed by atoms with Gasteiger partial charge in [0.2, 0.25) is 11.8 Å². The molecule has 0 spiro atoms. The third-order valence-electron chi connectivity index (χ3n) is 4.23. The number of hydrogen-bond acceptors (Lipinski definition) is 4. The number of pyridine rings is 1. The van der Waals surface area contributed by atoms with Crippen LogP contribution in [0.4, 0.5) is 4.79 Å². The first-order valence-corrected chi connectivity index (χ1v) is 7.03. The Morgan fingerprint density at radius 1 is 1.24 bits per heavy atom. The first kappa shape index (κ1) is 15.2. The van der Waals surface area contributed by atoms with Gasteiger partial charge in [-0.3, -0.25) is 24.8 Å². The van der Waals surface area contributed by atoms with Gasteiger partial charge in [0.1, 0.15) is 5.41 Å². The number of rotatable bonds is 4. The highest BCUT2D eigenvalue weighted by Crippen LogP contribution is 2.33. The van der Waals surface area contributed by atoms with Gasteiger partial charge in [0.25, 0.3) is 0 Å². The van der Waals surface area contributed by atoms with Crippen molar-refractivity contribution in [3.8, 4) is 0 Å². The van der Waals surface area contributed by atoms with Gasteiger partial charge in [-0.15, -0.1) is 0 Å². The molecule has 1 saturated heterocycles. The van der Waals surface area contributed by atoms with Crippen LogP contribution in [0.25, 0.3) is 0 Å². The highest BCUT2D eigenvalue weighted by Gasteiger charge is 2.51. The van der Waals surface area contributed by atoms with Crippen molar-refractivity contribution >= 4 is 17.8 Å². The van der Waals surface area contributed by atoms with Crippen LogP contribution in [-0.2, 0) is 16.1 Å². The predicted molar refractivity (Wildman–Crippen MR) is 76.1 cm³/mol. The Labute approximate surface area is 123 Å². The molecule has 0 radical (unpaired) electrons. The molecule has 1 fully saturated rings. The van der Waals surface area contributed by atoms with Crippen LogP contribution in [0.3, 0.4) is 0 Å². The number of barbiturate groups is 1. The van der Waals surface area contributed by atoms with E-state index >= 15 is 0 Å². The molecule has 4 amide bonds. The average Bonchev–Trinajstić information content (AvgIpc) is 2.46. The van der Waals surface area contributed by atoms with E-state index in [4.69, 9.17) is 0 Å². The lowest BCUT2D eigenvalue weighted by Crippen LogP contribution is -2.63. The van der Waals surface area contributed by atoms with Crippen LogP contribution in [0.5, 0.6) is 0 Å². The summed E-state index contributed by atoms with van der Waals surface area (Å²) in [5, 5.41) is 2.30. The second-order valence-electron chi connectivity index (χ2n) is 5.24. The van der Waals surface area contributed by atoms with Crippen molar-refractivity contribution in [1.29, 1.82) is 0 Å². The molecule has 0 bridgehead atoms. The van der Waals surface area contributed by atoms with Gasteiger partial charge < -0.3 is 0 Å². The van der Waals surface area contributed by atoms with Crippen molar-refractivity contribution in [2.24, 2.45) is 5.41 Å². The molecule has 0 atom stereocenters. The van der Waals surface area contributed by atoms with Crippen LogP contribution in [0.1, 0.15) is 37.8 Å². The second-order valence-corrected chi connectivity index (χ2v) is 5.24. The summed E-state index contributed by atoms with van der Waals surface area (Å²) in [6.45, 7) is 5.58. The summed E-state index contributed by atoms with van der Waals surface area (Å²) in [4.78, 5) is 41.9. The van der Waals surface area contributed by atoms with E-state index in [1.807, 2.05) is 6.92 Å². The fourth-order valence-electron chi connectivity index (χ4n) is 2.60. The van der Waals surface area contributed by atoms with Gasteiger partial charge in [0.15, 0.2) is 0 Å². The van der Waals surface area contributed by atoms with E-state index in [9.17, 15) is 14.4 Å². The zero-order valence-electron chi connectivity index (χ0n) is 12.5. The number of imide groups is 2. The molecular weight excluding hydrogens is 270 g/mol. The summed E-state index contributed by atoms with van der Waals surface area (Å²) in [6.07, 6.45) is 4.03. The van der Waals surface area contributed by atoms with Crippen LogP contribution < -0.4 is 5.32 Å². The number of carbonyl (C=O) groups excluding carboxylic acids is 3. The molecule has 1 aliphatic rings. The number of urea groups is 1. The van der Waals surface area contributed by atoms with Gasteiger partial charge in [-0.25, -0.2) is 4.79 Å². The van der Waals surface area contributed by atoms with Gasteiger partial charge >= 0.3 is 6.03 Å². The Hall–Kier alpha value is -2.24. The summed E-state index contributed by atoms with van der Waals surface area (Å²) in [5.74, 6) is -0.914. The van der Waals surface area contributed by atoms with Crippen LogP contribution in [0, 0.1) is 12.3 Å². The molecule has 6 heteroatoms. The number of hydrogen-bond donors (Lipinski definition) is 1. The number of amides is 4. The summed E-state index contributed by atoms with van der Waals surface area (Å²) in [7, 11) is 0. The second kappa shape index (κ2) is 5.63. The molecule has 21 heavy (non-hydrogen) atoms. The largest absolute Gasteiger partial charge is 0.331 e. The van der Waals surface area contributed by atoms with E-state index in [0.29, 0.717) is 12.8 Å². The molecule has 2 rings (SSSR count). The van der Waals surface area contributed by atoms with Gasteiger partial charge in [-0.05, 0) is 37.0 Å². The lowest BCUT2D eigenvalue weighted by atomic mass is 9.78. The lowest BCUT2D eigenvalue weighted by molar-refractivity contribution is -0.152. The van der Waals surface area contributed by atoms with E-state index in [1.165, 1.54) is 0 Å². The van der Waals surface area contributed by atoms with Crippen LogP contribution in [0.2, 0.25) is 0 Å². The zero-order valence-corrected chi connectivity index (χ0v) is 12.5. The maximum absolute atomic E-state index is 12.7. The highest BCUT2D eigenvalue weighted by molar-refractivity contribution is 6.19. The van der Waals surface area contributed by atoms with Crippen LogP contribution in [0.15, 0.2) is 18.5 Å². The van der Waals surface area contributed by atoms with Gasteiger partial charge in [0.05, 0.1) is 6.54 Å². The molecule has 112 valence electrons. The molecule has 0 aliphatic carbocycles. The summed E-state index contributed by atoms with van der Waals surface area (Å²) in [6, 6.07) is 1.12. The summed E-state index contributed by atoms with van der Waals surface area (Å²) >= 11 is 0. The Morgan fingerprint density at radius 3 is 2.48 bits per heavy atom. The van der Waals surface area contributed by atoms with Crippen molar-refractivity contribution in [2.75, 3.05) is 0 Å². The minimum atomic E-state index is -1.14. The number of aryl methyl sites for hydroxylation is 1. The van der Waals surface area contributed by atoms with E-state index in [2.05, 4.69) is 10.3 Å². The Kier molecular flexibility index (Phi) is 4.06. The molecule has 0 saturated carbocycles. The molecule has 1 aromatic heterocycles. The smallest absolute Gasteiger partial charge is 0.277 e. The number of carbonyl (C=O) groups is 3. The summed E-state index contributed by atoms with van der Waals surface area (Å²) in [5.41, 5.74) is 0.590. The number of nitrogens with zero attached hydrogens (tertiary/aromatic N) is 2. The normalized spacial score (nSPS) is 17.9. The van der Waals surface area contributed by atoms with Gasteiger partial charge in [0, 0.05) is 12.4 Å². The molecule has 6 nitrogen and oxygen atoms in total. The van der Waals surface area contributed by atoms with E-state index in [0.717, 1.165) is 16.0 Å². The molecule has 1 aromatic rings. The highest BCUT2D eigenvalue weighted by atomic mass is 16.2. The van der Waals surface area contributed by atoms with Crippen molar-refractivity contribution < 1.29 is 14.4 Å². The Morgan fingerprint density at radius 2 is 1.90 bits per heavy atom. The molecular formula is C15H19N3O3. The summed E-state index contributed by atoms with van der Waals surface area (Å²) < 4.78 is 0. The third-order valence-corrected chi connectivity index (χ3v) is 4.23. The van der Waals surface area contributed by atoms with E-state index < -0.39 is 23.3 Å². The van der Waals surface area contributed by atoms with E-state index in [1.54, 1.807) is 32.3 Å². The van der Waals surface area contributed by atoms with Crippen LogP contribution in [-0.4, -0.2) is 27.7 Å². The standard InChI is InChI=1S/C15H19N3O3/c1-4-15(5-2)12(19)17-14(21)18(13(15)20)9-11-6-7-16-8-10(11)3/h6-8H,4-5,9H2,1-3H3,(H,17,19,21). The Bertz CT molecular complexity index is 594. The minimum absolute atomic E-state index is 0.147. The zero-order chi connectivity index (χ0) is 15.6. The lowest BCUT2D eigenvalue weighted by Gasteiger charge is -2.38. The van der Waals surface area contributed by atoms with Crippen molar-refractivity contribution in [3.63, 3.8) is 0 Å². The van der Waals surface area contributed by atoms with Crippen molar-refractivity contribution in [2.45, 2.75) is 40.2 Å². The van der Waals surface area contributed by atoms with Crippen molar-refractivity contribution in [3.05, 3.63) is 29.6 Å². The Balaban J connectivity index is 2.35. The molecule has 0 unspecified atom stereocenters. The molecule has 2 heterocycles. The SMILES string of the molecule is CCC1(CC)C(=O)NC(=O)N(Cc2ccncc2C)C1=O. The molecule has 1 aliphatic heterocycles. The monoisotopic (exact) mass is 289 g/mol. The quantitative estimate of drug-likeness (QED) is 0.857. The first-order valence-electron chi connectivity index (χ1n) is 7.03.